The van der Waals surface area contributed by atoms with E-state index < -0.39 is 0 Å². The number of aromatic nitrogens is 2. The van der Waals surface area contributed by atoms with Crippen LogP contribution in [0.25, 0.3) is 0 Å². The van der Waals surface area contributed by atoms with E-state index in [1.54, 1.807) is 0 Å². The molecular weight excluding hydrogens is 202 g/mol. The third-order valence-corrected chi connectivity index (χ3v) is 3.25. The molecule has 2 unspecified atom stereocenters. The predicted molar refractivity (Wildman–Crippen MR) is 63.1 cm³/mol. The first-order chi connectivity index (χ1) is 7.79. The highest BCUT2D eigenvalue weighted by Crippen LogP contribution is 2.18. The van der Waals surface area contributed by atoms with E-state index in [2.05, 4.69) is 16.5 Å². The maximum Gasteiger partial charge on any atom is 0.110 e. The van der Waals surface area contributed by atoms with E-state index in [4.69, 9.17) is 10.5 Å². The highest BCUT2D eigenvalue weighted by molar-refractivity contribution is 4.95. The molecule has 90 valence electrons. The second kappa shape index (κ2) is 5.46. The van der Waals surface area contributed by atoms with E-state index in [0.717, 1.165) is 44.8 Å². The first kappa shape index (κ1) is 11.6. The van der Waals surface area contributed by atoms with E-state index in [9.17, 15) is 0 Å². The minimum absolute atomic E-state index is 0.208. The van der Waals surface area contributed by atoms with Crippen molar-refractivity contribution in [3.05, 3.63) is 18.2 Å². The predicted octanol–water partition coefficient (Wildman–Crippen LogP) is 1.20. The summed E-state index contributed by atoms with van der Waals surface area (Å²) in [6, 6.07) is 0.208. The number of imidazole rings is 1. The van der Waals surface area contributed by atoms with Crippen LogP contribution in [0.5, 0.6) is 0 Å². The van der Waals surface area contributed by atoms with Crippen LogP contribution >= 0.6 is 0 Å². The Kier molecular flexibility index (Phi) is 3.96. The Balaban J connectivity index is 1.84. The molecular formula is C12H21N3O. The van der Waals surface area contributed by atoms with Crippen molar-refractivity contribution in [1.29, 1.82) is 0 Å². The van der Waals surface area contributed by atoms with Gasteiger partial charge < -0.3 is 15.0 Å². The zero-order valence-corrected chi connectivity index (χ0v) is 9.93. The van der Waals surface area contributed by atoms with Gasteiger partial charge in [-0.05, 0) is 25.7 Å². The number of nitrogens with two attached hydrogens (primary N) is 1. The molecule has 0 aliphatic carbocycles. The minimum Gasteiger partial charge on any atom is -0.381 e. The summed E-state index contributed by atoms with van der Waals surface area (Å²) in [5.74, 6) is 1.76. The van der Waals surface area contributed by atoms with Crippen LogP contribution < -0.4 is 5.73 Å². The molecule has 2 N–H and O–H groups in total. The fourth-order valence-electron chi connectivity index (χ4n) is 2.33. The summed E-state index contributed by atoms with van der Waals surface area (Å²) in [7, 11) is 0. The summed E-state index contributed by atoms with van der Waals surface area (Å²) in [4.78, 5) is 4.35. The quantitative estimate of drug-likeness (QED) is 0.816. The van der Waals surface area contributed by atoms with Crippen LogP contribution in [0.1, 0.15) is 25.6 Å². The van der Waals surface area contributed by atoms with Crippen LogP contribution in [-0.4, -0.2) is 28.8 Å². The van der Waals surface area contributed by atoms with Gasteiger partial charge in [-0.15, -0.1) is 0 Å². The molecule has 1 aromatic rings. The lowest BCUT2D eigenvalue weighted by atomic mass is 9.98. The molecule has 1 aromatic heterocycles. The SMILES string of the molecule is CCn1ccnc1CC(N)CC1CCOC1. The lowest BCUT2D eigenvalue weighted by Crippen LogP contribution is -2.27. The summed E-state index contributed by atoms with van der Waals surface area (Å²) in [6.07, 6.45) is 6.95. The zero-order valence-electron chi connectivity index (χ0n) is 9.93. The molecule has 2 heterocycles. The van der Waals surface area contributed by atoms with Gasteiger partial charge in [0.1, 0.15) is 5.82 Å². The molecule has 1 fully saturated rings. The second-order valence-electron chi connectivity index (χ2n) is 4.56. The minimum atomic E-state index is 0.208. The van der Waals surface area contributed by atoms with Gasteiger partial charge in [-0.3, -0.25) is 0 Å². The number of nitrogens with zero attached hydrogens (tertiary/aromatic N) is 2. The van der Waals surface area contributed by atoms with Gasteiger partial charge in [-0.25, -0.2) is 4.98 Å². The van der Waals surface area contributed by atoms with E-state index in [1.165, 1.54) is 0 Å². The number of ether oxygens (including phenoxy) is 1. The molecule has 1 aliphatic heterocycles. The first-order valence-electron chi connectivity index (χ1n) is 6.13. The third kappa shape index (κ3) is 2.83. The molecule has 0 spiro atoms. The maximum absolute atomic E-state index is 6.16. The monoisotopic (exact) mass is 223 g/mol. The van der Waals surface area contributed by atoms with Gasteiger partial charge in [-0.2, -0.15) is 0 Å². The van der Waals surface area contributed by atoms with Crippen molar-refractivity contribution in [1.82, 2.24) is 9.55 Å². The van der Waals surface area contributed by atoms with Crippen molar-refractivity contribution in [2.75, 3.05) is 13.2 Å². The Hall–Kier alpha value is -0.870. The summed E-state index contributed by atoms with van der Waals surface area (Å²) in [5.41, 5.74) is 6.16. The van der Waals surface area contributed by atoms with E-state index >= 15 is 0 Å². The van der Waals surface area contributed by atoms with Crippen molar-refractivity contribution >= 4 is 0 Å². The van der Waals surface area contributed by atoms with E-state index in [-0.39, 0.29) is 6.04 Å². The zero-order chi connectivity index (χ0) is 11.4. The lowest BCUT2D eigenvalue weighted by Gasteiger charge is -2.15. The van der Waals surface area contributed by atoms with Crippen LogP contribution in [0.3, 0.4) is 0 Å². The molecule has 0 saturated carbocycles. The summed E-state index contributed by atoms with van der Waals surface area (Å²) < 4.78 is 7.52. The van der Waals surface area contributed by atoms with Crippen molar-refractivity contribution in [3.63, 3.8) is 0 Å². The molecule has 4 heteroatoms. The molecule has 1 saturated heterocycles. The Morgan fingerprint density at radius 1 is 1.69 bits per heavy atom. The number of hydrogen-bond donors (Lipinski definition) is 1. The van der Waals surface area contributed by atoms with E-state index in [0.29, 0.717) is 5.92 Å². The lowest BCUT2D eigenvalue weighted by molar-refractivity contribution is 0.182. The van der Waals surface area contributed by atoms with Crippen molar-refractivity contribution in [2.45, 2.75) is 38.8 Å². The Labute approximate surface area is 96.8 Å². The highest BCUT2D eigenvalue weighted by Gasteiger charge is 2.19. The van der Waals surface area contributed by atoms with Crippen molar-refractivity contribution < 1.29 is 4.74 Å². The smallest absolute Gasteiger partial charge is 0.110 e. The van der Waals surface area contributed by atoms with Crippen LogP contribution in [-0.2, 0) is 17.7 Å². The fraction of sp³-hybridized carbons (Fsp3) is 0.750. The normalized spacial score (nSPS) is 22.5. The van der Waals surface area contributed by atoms with Crippen LogP contribution in [0, 0.1) is 5.92 Å². The fourth-order valence-corrected chi connectivity index (χ4v) is 2.33. The van der Waals surface area contributed by atoms with Gasteiger partial charge >= 0.3 is 0 Å². The molecule has 2 atom stereocenters. The number of hydrogen-bond acceptors (Lipinski definition) is 3. The van der Waals surface area contributed by atoms with Crippen molar-refractivity contribution in [3.8, 4) is 0 Å². The molecule has 0 bridgehead atoms. The molecule has 0 radical (unpaired) electrons. The van der Waals surface area contributed by atoms with Gasteiger partial charge in [-0.1, -0.05) is 0 Å². The Morgan fingerprint density at radius 2 is 2.56 bits per heavy atom. The summed E-state index contributed by atoms with van der Waals surface area (Å²) >= 11 is 0. The van der Waals surface area contributed by atoms with Gasteiger partial charge in [0, 0.05) is 44.6 Å². The topological polar surface area (TPSA) is 53.1 Å². The highest BCUT2D eigenvalue weighted by atomic mass is 16.5. The Morgan fingerprint density at radius 3 is 3.25 bits per heavy atom. The average molecular weight is 223 g/mol. The summed E-state index contributed by atoms with van der Waals surface area (Å²) in [5, 5.41) is 0. The number of rotatable bonds is 5. The van der Waals surface area contributed by atoms with E-state index in [1.807, 2.05) is 12.4 Å². The van der Waals surface area contributed by atoms with Gasteiger partial charge in [0.15, 0.2) is 0 Å². The maximum atomic E-state index is 6.16. The second-order valence-corrected chi connectivity index (χ2v) is 4.56. The Bertz CT molecular complexity index is 318. The van der Waals surface area contributed by atoms with Gasteiger partial charge in [0.25, 0.3) is 0 Å². The molecule has 1 aliphatic rings. The summed E-state index contributed by atoms with van der Waals surface area (Å²) in [6.45, 7) is 4.88. The first-order valence-corrected chi connectivity index (χ1v) is 6.13. The largest absolute Gasteiger partial charge is 0.381 e. The van der Waals surface area contributed by atoms with Crippen LogP contribution in [0.4, 0.5) is 0 Å². The molecule has 16 heavy (non-hydrogen) atoms. The van der Waals surface area contributed by atoms with Gasteiger partial charge in [0.05, 0.1) is 0 Å². The molecule has 0 aromatic carbocycles. The molecule has 2 rings (SSSR count). The third-order valence-electron chi connectivity index (χ3n) is 3.25. The van der Waals surface area contributed by atoms with Crippen molar-refractivity contribution in [2.24, 2.45) is 11.7 Å². The molecule has 0 amide bonds. The van der Waals surface area contributed by atoms with Gasteiger partial charge in [0.2, 0.25) is 0 Å². The van der Waals surface area contributed by atoms with Crippen LogP contribution in [0.15, 0.2) is 12.4 Å². The number of aryl methyl sites for hydroxylation is 1. The van der Waals surface area contributed by atoms with Crippen LogP contribution in [0.2, 0.25) is 0 Å². The average Bonchev–Trinajstić information content (AvgIpc) is 2.88. The molecule has 4 nitrogen and oxygen atoms in total. The standard InChI is InChI=1S/C12H21N3O/c1-2-15-5-4-14-12(15)8-11(13)7-10-3-6-16-9-10/h4-5,10-11H,2-3,6-9,13H2,1H3.